The average molecular weight is 475 g/mol. The number of alkyl halides is 3. The highest BCUT2D eigenvalue weighted by molar-refractivity contribution is 5.97. The molecule has 1 amide bonds. The lowest BCUT2D eigenvalue weighted by molar-refractivity contribution is -0.137. The van der Waals surface area contributed by atoms with Gasteiger partial charge in [0.25, 0.3) is 11.8 Å². The summed E-state index contributed by atoms with van der Waals surface area (Å²) in [6.07, 6.45) is -4.50. The van der Waals surface area contributed by atoms with E-state index in [1.165, 1.54) is 25.3 Å². The van der Waals surface area contributed by atoms with E-state index in [4.69, 9.17) is 30.1 Å². The van der Waals surface area contributed by atoms with Crippen LogP contribution in [-0.4, -0.2) is 35.4 Å². The predicted molar refractivity (Wildman–Crippen MR) is 112 cm³/mol. The molecule has 0 bridgehead atoms. The Kier molecular flexibility index (Phi) is 5.84. The van der Waals surface area contributed by atoms with Gasteiger partial charge in [-0.25, -0.2) is 0 Å². The van der Waals surface area contributed by atoms with Crippen LogP contribution in [0.15, 0.2) is 42.5 Å². The number of carbonyl (C=O) groups is 1. The summed E-state index contributed by atoms with van der Waals surface area (Å²) in [6.45, 7) is -0.323. The van der Waals surface area contributed by atoms with Crippen molar-refractivity contribution in [2.24, 2.45) is 5.73 Å². The van der Waals surface area contributed by atoms with Crippen molar-refractivity contribution in [3.8, 4) is 35.0 Å². The maximum Gasteiger partial charge on any atom is 0.416 e. The maximum atomic E-state index is 12.8. The van der Waals surface area contributed by atoms with Crippen LogP contribution in [0, 0.1) is 5.41 Å². The molecule has 4 N–H and O–H groups in total. The summed E-state index contributed by atoms with van der Waals surface area (Å²) in [4.78, 5) is 20.0. The molecule has 0 saturated heterocycles. The molecule has 0 unspecified atom stereocenters. The molecule has 0 fully saturated rings. The van der Waals surface area contributed by atoms with Crippen LogP contribution in [0.25, 0.3) is 0 Å². The number of rotatable bonds is 6. The van der Waals surface area contributed by atoms with E-state index in [1.807, 2.05) is 0 Å². The van der Waals surface area contributed by atoms with Crippen LogP contribution in [0.4, 0.5) is 18.9 Å². The lowest BCUT2D eigenvalue weighted by Crippen LogP contribution is -2.26. The lowest BCUT2D eigenvalue weighted by Gasteiger charge is -2.20. The minimum atomic E-state index is -4.50. The zero-order valence-electron chi connectivity index (χ0n) is 17.4. The highest BCUT2D eigenvalue weighted by Gasteiger charge is 2.30. The number of nitrogens with zero attached hydrogens (tertiary/aromatic N) is 2. The van der Waals surface area contributed by atoms with Crippen LogP contribution in [0.1, 0.15) is 11.1 Å². The summed E-state index contributed by atoms with van der Waals surface area (Å²) in [5.74, 6) is -0.440. The Balaban J connectivity index is 1.70. The SMILES string of the molecule is COc1cc(Oc2nc(Oc3ccc(C(F)(F)F)cc3)nc3c2NC(=O)CO3)cc(C(=N)N)c1. The van der Waals surface area contributed by atoms with Gasteiger partial charge in [-0.15, -0.1) is 0 Å². The van der Waals surface area contributed by atoms with Crippen molar-refractivity contribution < 1.29 is 36.9 Å². The van der Waals surface area contributed by atoms with Crippen LogP contribution >= 0.6 is 0 Å². The summed E-state index contributed by atoms with van der Waals surface area (Å²) < 4.78 is 60.2. The number of ether oxygens (including phenoxy) is 4. The zero-order valence-corrected chi connectivity index (χ0v) is 17.4. The van der Waals surface area contributed by atoms with Crippen molar-refractivity contribution in [2.45, 2.75) is 6.18 Å². The maximum absolute atomic E-state index is 12.8. The Bertz CT molecular complexity index is 1260. The number of hydrogen-bond donors (Lipinski definition) is 3. The summed E-state index contributed by atoms with van der Waals surface area (Å²) >= 11 is 0. The predicted octanol–water partition coefficient (Wildman–Crippen LogP) is 3.70. The number of methoxy groups -OCH3 is 1. The number of nitrogens with one attached hydrogen (secondary N) is 2. The molecule has 0 aliphatic carbocycles. The van der Waals surface area contributed by atoms with Gasteiger partial charge in [0.2, 0.25) is 5.88 Å². The zero-order chi connectivity index (χ0) is 24.5. The quantitative estimate of drug-likeness (QED) is 0.362. The fourth-order valence-electron chi connectivity index (χ4n) is 2.88. The Morgan fingerprint density at radius 2 is 1.79 bits per heavy atom. The van der Waals surface area contributed by atoms with Gasteiger partial charge in [0, 0.05) is 11.6 Å². The van der Waals surface area contributed by atoms with E-state index in [0.717, 1.165) is 24.3 Å². The molecule has 1 aliphatic heterocycles. The van der Waals surface area contributed by atoms with Gasteiger partial charge in [0.15, 0.2) is 12.3 Å². The molecule has 0 atom stereocenters. The highest BCUT2D eigenvalue weighted by atomic mass is 19.4. The summed E-state index contributed by atoms with van der Waals surface area (Å²) in [6, 6.07) is 8.06. The first-order chi connectivity index (χ1) is 16.1. The summed E-state index contributed by atoms with van der Waals surface area (Å²) in [5, 5.41) is 10.2. The Morgan fingerprint density at radius 3 is 2.44 bits per heavy atom. The number of anilines is 1. The Labute approximate surface area is 189 Å². The number of halogens is 3. The second kappa shape index (κ2) is 8.77. The molecule has 1 aromatic heterocycles. The normalized spacial score (nSPS) is 12.8. The van der Waals surface area contributed by atoms with Gasteiger partial charge < -0.3 is 30.0 Å². The monoisotopic (exact) mass is 475 g/mol. The van der Waals surface area contributed by atoms with Crippen molar-refractivity contribution in [2.75, 3.05) is 19.0 Å². The van der Waals surface area contributed by atoms with Crippen molar-refractivity contribution in [3.05, 3.63) is 53.6 Å². The average Bonchev–Trinajstić information content (AvgIpc) is 2.79. The Hall–Kier alpha value is -4.55. The van der Waals surface area contributed by atoms with Crippen molar-refractivity contribution in [3.63, 3.8) is 0 Å². The molecule has 0 saturated carbocycles. The second-order valence-corrected chi connectivity index (χ2v) is 6.87. The number of carbonyl (C=O) groups excluding carboxylic acids is 1. The molecule has 1 aliphatic rings. The second-order valence-electron chi connectivity index (χ2n) is 6.87. The molecule has 13 heteroatoms. The topological polar surface area (TPSA) is 142 Å². The molecule has 34 heavy (non-hydrogen) atoms. The molecule has 0 radical (unpaired) electrons. The first kappa shape index (κ1) is 22.6. The van der Waals surface area contributed by atoms with E-state index >= 15 is 0 Å². The Morgan fingerprint density at radius 1 is 1.09 bits per heavy atom. The third kappa shape index (κ3) is 4.92. The fraction of sp³-hybridized carbons (Fsp3) is 0.143. The van der Waals surface area contributed by atoms with Crippen LogP contribution in [0.3, 0.4) is 0 Å². The van der Waals surface area contributed by atoms with Crippen molar-refractivity contribution in [1.29, 1.82) is 5.41 Å². The highest BCUT2D eigenvalue weighted by Crippen LogP contribution is 2.39. The van der Waals surface area contributed by atoms with Gasteiger partial charge in [0.05, 0.1) is 12.7 Å². The van der Waals surface area contributed by atoms with Gasteiger partial charge >= 0.3 is 12.2 Å². The number of aromatic nitrogens is 2. The number of benzene rings is 2. The van der Waals surface area contributed by atoms with Crippen LogP contribution in [0.5, 0.6) is 35.0 Å². The van der Waals surface area contributed by atoms with Gasteiger partial charge in [-0.2, -0.15) is 23.1 Å². The van der Waals surface area contributed by atoms with Crippen LogP contribution in [0.2, 0.25) is 0 Å². The van der Waals surface area contributed by atoms with Crippen LogP contribution < -0.4 is 30.0 Å². The van der Waals surface area contributed by atoms with Crippen LogP contribution in [-0.2, 0) is 11.0 Å². The first-order valence-electron chi connectivity index (χ1n) is 9.53. The number of fused-ring (bicyclic) bond motifs is 1. The number of amidine groups is 1. The third-order valence-electron chi connectivity index (χ3n) is 4.46. The number of nitrogens with two attached hydrogens (primary N) is 1. The van der Waals surface area contributed by atoms with E-state index in [-0.39, 0.29) is 47.4 Å². The molecule has 176 valence electrons. The van der Waals surface area contributed by atoms with Gasteiger partial charge in [0.1, 0.15) is 23.1 Å². The van der Waals surface area contributed by atoms with E-state index in [2.05, 4.69) is 15.3 Å². The van der Waals surface area contributed by atoms with Gasteiger partial charge in [-0.3, -0.25) is 10.2 Å². The summed E-state index contributed by atoms with van der Waals surface area (Å²) in [5.41, 5.74) is 5.03. The minimum absolute atomic E-state index is 0.0169. The number of amides is 1. The van der Waals surface area contributed by atoms with Crippen molar-refractivity contribution >= 4 is 17.4 Å². The van der Waals surface area contributed by atoms with Gasteiger partial charge in [-0.05, 0) is 36.4 Å². The molecule has 0 spiro atoms. The third-order valence-corrected chi connectivity index (χ3v) is 4.46. The van der Waals surface area contributed by atoms with E-state index < -0.39 is 17.6 Å². The largest absolute Gasteiger partial charge is 0.497 e. The molecular formula is C21H16F3N5O5. The molecular weight excluding hydrogens is 459 g/mol. The molecule has 4 rings (SSSR count). The molecule has 2 heterocycles. The fourth-order valence-corrected chi connectivity index (χ4v) is 2.88. The first-order valence-corrected chi connectivity index (χ1v) is 9.53. The lowest BCUT2D eigenvalue weighted by atomic mass is 10.2. The van der Waals surface area contributed by atoms with Crippen molar-refractivity contribution in [1.82, 2.24) is 9.97 Å². The molecule has 2 aromatic carbocycles. The number of hydrogen-bond acceptors (Lipinski definition) is 8. The molecule has 10 nitrogen and oxygen atoms in total. The number of nitrogen functional groups attached to an aromatic ring is 1. The van der Waals surface area contributed by atoms with Gasteiger partial charge in [-0.1, -0.05) is 0 Å². The van der Waals surface area contributed by atoms with E-state index in [0.29, 0.717) is 11.3 Å². The standard InChI is InChI=1S/C21H16F3N5O5/c1-31-13-6-10(17(25)26)7-14(8-13)33-19-16-18(32-9-15(30)27-16)28-20(29-19)34-12-4-2-11(3-5-12)21(22,23)24/h2-8H,9H2,1H3,(H3,25,26)(H,27,30). The minimum Gasteiger partial charge on any atom is -0.497 e. The summed E-state index contributed by atoms with van der Waals surface area (Å²) in [7, 11) is 1.42. The smallest absolute Gasteiger partial charge is 0.416 e. The van der Waals surface area contributed by atoms with E-state index in [1.54, 1.807) is 0 Å². The molecule has 3 aromatic rings. The van der Waals surface area contributed by atoms with E-state index in [9.17, 15) is 18.0 Å².